The number of rotatable bonds is 7. The molecule has 1 rings (SSSR count). The summed E-state index contributed by atoms with van der Waals surface area (Å²) >= 11 is 0. The molecule has 3 heteroatoms. The summed E-state index contributed by atoms with van der Waals surface area (Å²) in [4.78, 5) is 0. The van der Waals surface area contributed by atoms with Gasteiger partial charge in [-0.05, 0) is 36.5 Å². The molecule has 0 radical (unpaired) electrons. The van der Waals surface area contributed by atoms with Crippen LogP contribution in [0.3, 0.4) is 0 Å². The number of hydrogen-bond donors (Lipinski definition) is 2. The van der Waals surface area contributed by atoms with E-state index < -0.39 is 6.10 Å². The van der Waals surface area contributed by atoms with Crippen molar-refractivity contribution in [3.8, 4) is 5.75 Å². The molecule has 0 saturated heterocycles. The first-order chi connectivity index (χ1) is 8.58. The highest BCUT2D eigenvalue weighted by molar-refractivity contribution is 5.29. The first-order valence-electron chi connectivity index (χ1n) is 6.66. The Hall–Kier alpha value is -1.06. The van der Waals surface area contributed by atoms with Gasteiger partial charge in [0.15, 0.2) is 0 Å². The fourth-order valence-corrected chi connectivity index (χ4v) is 2.13. The van der Waals surface area contributed by atoms with Crippen molar-refractivity contribution >= 4 is 0 Å². The lowest BCUT2D eigenvalue weighted by Gasteiger charge is -2.22. The van der Waals surface area contributed by atoms with E-state index in [0.717, 1.165) is 18.6 Å². The van der Waals surface area contributed by atoms with Gasteiger partial charge in [-0.15, -0.1) is 0 Å². The zero-order valence-corrected chi connectivity index (χ0v) is 11.6. The summed E-state index contributed by atoms with van der Waals surface area (Å²) in [6.07, 6.45) is 2.15. The summed E-state index contributed by atoms with van der Waals surface area (Å²) in [5.74, 6) is 1.16. The topological polar surface area (TPSA) is 55.5 Å². The normalized spacial score (nSPS) is 16.1. The standard InChI is InChI=1S/C15H25NO2/c1-4-5-14(16)15(17)10-11(2)12-6-8-13(18-3)9-7-12/h6-9,11,14-15,17H,4-5,10,16H2,1-3H3. The number of nitrogens with two attached hydrogens (primary N) is 1. The minimum Gasteiger partial charge on any atom is -0.497 e. The highest BCUT2D eigenvalue weighted by Gasteiger charge is 2.18. The van der Waals surface area contributed by atoms with Gasteiger partial charge in [0.25, 0.3) is 0 Å². The van der Waals surface area contributed by atoms with E-state index in [4.69, 9.17) is 10.5 Å². The third kappa shape index (κ3) is 4.31. The maximum absolute atomic E-state index is 10.0. The lowest BCUT2D eigenvalue weighted by Crippen LogP contribution is -2.35. The molecule has 0 heterocycles. The second-order valence-corrected chi connectivity index (χ2v) is 4.93. The van der Waals surface area contributed by atoms with Crippen LogP contribution in [0, 0.1) is 0 Å². The average molecular weight is 251 g/mol. The van der Waals surface area contributed by atoms with Gasteiger partial charge in [-0.2, -0.15) is 0 Å². The van der Waals surface area contributed by atoms with Gasteiger partial charge in [0.1, 0.15) is 5.75 Å². The van der Waals surface area contributed by atoms with Crippen LogP contribution in [0.4, 0.5) is 0 Å². The van der Waals surface area contributed by atoms with Gasteiger partial charge in [-0.25, -0.2) is 0 Å². The van der Waals surface area contributed by atoms with Crippen LogP contribution in [0.5, 0.6) is 5.75 Å². The van der Waals surface area contributed by atoms with Gasteiger partial charge in [0.05, 0.1) is 13.2 Å². The third-order valence-corrected chi connectivity index (χ3v) is 3.40. The molecule has 0 bridgehead atoms. The molecular formula is C15H25NO2. The van der Waals surface area contributed by atoms with Crippen molar-refractivity contribution in [1.29, 1.82) is 0 Å². The Bertz CT molecular complexity index is 337. The fourth-order valence-electron chi connectivity index (χ4n) is 2.13. The molecule has 0 aliphatic heterocycles. The Balaban J connectivity index is 2.55. The minimum absolute atomic E-state index is 0.115. The zero-order chi connectivity index (χ0) is 13.5. The number of ether oxygens (including phenoxy) is 1. The van der Waals surface area contributed by atoms with Crippen molar-refractivity contribution in [2.45, 2.75) is 51.2 Å². The highest BCUT2D eigenvalue weighted by Crippen LogP contribution is 2.24. The maximum Gasteiger partial charge on any atom is 0.118 e. The van der Waals surface area contributed by atoms with Crippen LogP contribution in [0.1, 0.15) is 44.6 Å². The smallest absolute Gasteiger partial charge is 0.118 e. The Morgan fingerprint density at radius 1 is 1.28 bits per heavy atom. The average Bonchev–Trinajstić information content (AvgIpc) is 2.39. The molecule has 3 unspecified atom stereocenters. The van der Waals surface area contributed by atoms with E-state index in [1.54, 1.807) is 7.11 Å². The van der Waals surface area contributed by atoms with E-state index >= 15 is 0 Å². The minimum atomic E-state index is -0.429. The lowest BCUT2D eigenvalue weighted by atomic mass is 9.91. The van der Waals surface area contributed by atoms with Crippen LogP contribution in [0.15, 0.2) is 24.3 Å². The van der Waals surface area contributed by atoms with E-state index in [-0.39, 0.29) is 6.04 Å². The maximum atomic E-state index is 10.0. The van der Waals surface area contributed by atoms with Crippen molar-refractivity contribution in [2.75, 3.05) is 7.11 Å². The largest absolute Gasteiger partial charge is 0.497 e. The molecule has 3 atom stereocenters. The Labute approximate surface area is 110 Å². The second kappa shape index (κ2) is 7.39. The second-order valence-electron chi connectivity index (χ2n) is 4.93. The first-order valence-corrected chi connectivity index (χ1v) is 6.66. The van der Waals surface area contributed by atoms with Crippen molar-refractivity contribution in [3.05, 3.63) is 29.8 Å². The van der Waals surface area contributed by atoms with Gasteiger partial charge in [0, 0.05) is 6.04 Å². The summed E-state index contributed by atoms with van der Waals surface area (Å²) in [5, 5.41) is 10.0. The quantitative estimate of drug-likeness (QED) is 0.783. The van der Waals surface area contributed by atoms with E-state index in [1.807, 2.05) is 24.3 Å². The molecule has 0 fully saturated rings. The summed E-state index contributed by atoms with van der Waals surface area (Å²) < 4.78 is 5.13. The molecule has 102 valence electrons. The summed E-state index contributed by atoms with van der Waals surface area (Å²) in [7, 11) is 1.66. The van der Waals surface area contributed by atoms with Crippen molar-refractivity contribution < 1.29 is 9.84 Å². The van der Waals surface area contributed by atoms with Crippen molar-refractivity contribution in [1.82, 2.24) is 0 Å². The van der Waals surface area contributed by atoms with Gasteiger partial charge < -0.3 is 15.6 Å². The molecule has 3 N–H and O–H groups in total. The van der Waals surface area contributed by atoms with Crippen molar-refractivity contribution in [3.63, 3.8) is 0 Å². The molecule has 0 saturated carbocycles. The van der Waals surface area contributed by atoms with E-state index in [0.29, 0.717) is 12.3 Å². The molecule has 1 aromatic carbocycles. The lowest BCUT2D eigenvalue weighted by molar-refractivity contribution is 0.124. The van der Waals surface area contributed by atoms with Crippen molar-refractivity contribution in [2.24, 2.45) is 5.73 Å². The van der Waals surface area contributed by atoms with E-state index in [9.17, 15) is 5.11 Å². The molecule has 0 aliphatic carbocycles. The van der Waals surface area contributed by atoms with Gasteiger partial charge in [-0.3, -0.25) is 0 Å². The molecule has 0 aliphatic rings. The molecule has 1 aromatic rings. The Morgan fingerprint density at radius 3 is 2.39 bits per heavy atom. The van der Waals surface area contributed by atoms with Crippen LogP contribution >= 0.6 is 0 Å². The number of aliphatic hydroxyl groups excluding tert-OH is 1. The number of methoxy groups -OCH3 is 1. The highest BCUT2D eigenvalue weighted by atomic mass is 16.5. The first kappa shape index (κ1) is 15.0. The molecule has 0 aromatic heterocycles. The third-order valence-electron chi connectivity index (χ3n) is 3.40. The molecule has 0 amide bonds. The number of hydrogen-bond acceptors (Lipinski definition) is 3. The summed E-state index contributed by atoms with van der Waals surface area (Å²) in [6, 6.07) is 7.87. The molecule has 18 heavy (non-hydrogen) atoms. The van der Waals surface area contributed by atoms with Gasteiger partial charge in [-0.1, -0.05) is 32.4 Å². The molecule has 3 nitrogen and oxygen atoms in total. The number of benzene rings is 1. The predicted octanol–water partition coefficient (Wildman–Crippen LogP) is 2.68. The van der Waals surface area contributed by atoms with E-state index in [1.165, 1.54) is 5.56 Å². The SMILES string of the molecule is CCCC(N)C(O)CC(C)c1ccc(OC)cc1. The van der Waals surface area contributed by atoms with Gasteiger partial charge >= 0.3 is 0 Å². The van der Waals surface area contributed by atoms with Crippen LogP contribution in [-0.4, -0.2) is 24.4 Å². The molecule has 0 spiro atoms. The van der Waals surface area contributed by atoms with Crippen LogP contribution in [-0.2, 0) is 0 Å². The van der Waals surface area contributed by atoms with E-state index in [2.05, 4.69) is 13.8 Å². The van der Waals surface area contributed by atoms with Crippen LogP contribution < -0.4 is 10.5 Å². The Kier molecular flexibility index (Phi) is 6.16. The van der Waals surface area contributed by atoms with Gasteiger partial charge in [0.2, 0.25) is 0 Å². The number of aliphatic hydroxyl groups is 1. The summed E-state index contributed by atoms with van der Waals surface area (Å²) in [5.41, 5.74) is 7.14. The summed E-state index contributed by atoms with van der Waals surface area (Å²) in [6.45, 7) is 4.20. The Morgan fingerprint density at radius 2 is 1.89 bits per heavy atom. The van der Waals surface area contributed by atoms with Crippen LogP contribution in [0.25, 0.3) is 0 Å². The predicted molar refractivity (Wildman–Crippen MR) is 74.9 cm³/mol. The monoisotopic (exact) mass is 251 g/mol. The van der Waals surface area contributed by atoms with Crippen LogP contribution in [0.2, 0.25) is 0 Å². The zero-order valence-electron chi connectivity index (χ0n) is 11.6. The fraction of sp³-hybridized carbons (Fsp3) is 0.600. The molecular weight excluding hydrogens is 226 g/mol.